The van der Waals surface area contributed by atoms with E-state index in [4.69, 9.17) is 4.74 Å². The standard InChI is InChI=1S/C14H13BrO2/c15-13-10-7-4-8-11(13)14(10,17-12(13)16)9-5-2-1-3-6-9/h1-3,5-6,10-11H,4,7-8H2. The van der Waals surface area contributed by atoms with Crippen LogP contribution in [0.25, 0.3) is 0 Å². The Labute approximate surface area is 108 Å². The Bertz CT molecular complexity index is 484. The highest BCUT2D eigenvalue weighted by atomic mass is 79.9. The molecular weight excluding hydrogens is 280 g/mol. The average Bonchev–Trinajstić information content (AvgIpc) is 2.77. The number of carbonyl (C=O) groups is 1. The molecule has 1 aromatic carbocycles. The Morgan fingerprint density at radius 1 is 1.18 bits per heavy atom. The van der Waals surface area contributed by atoms with Gasteiger partial charge in [-0.05, 0) is 18.4 Å². The minimum atomic E-state index is -0.374. The van der Waals surface area contributed by atoms with Gasteiger partial charge in [-0.1, -0.05) is 52.7 Å². The summed E-state index contributed by atoms with van der Waals surface area (Å²) in [4.78, 5) is 12.1. The maximum absolute atomic E-state index is 12.1. The predicted octanol–water partition coefficient (Wildman–Crippen LogP) is 3.00. The van der Waals surface area contributed by atoms with Gasteiger partial charge < -0.3 is 4.74 Å². The Morgan fingerprint density at radius 3 is 2.47 bits per heavy atom. The van der Waals surface area contributed by atoms with E-state index >= 15 is 0 Å². The van der Waals surface area contributed by atoms with Gasteiger partial charge in [-0.3, -0.25) is 4.79 Å². The first-order valence-electron chi connectivity index (χ1n) is 6.18. The average molecular weight is 293 g/mol. The lowest BCUT2D eigenvalue weighted by atomic mass is 9.47. The molecule has 2 unspecified atom stereocenters. The van der Waals surface area contributed by atoms with Gasteiger partial charge in [0.1, 0.15) is 9.93 Å². The van der Waals surface area contributed by atoms with E-state index in [9.17, 15) is 4.79 Å². The fraction of sp³-hybridized carbons (Fsp3) is 0.500. The zero-order valence-electron chi connectivity index (χ0n) is 9.36. The number of rotatable bonds is 1. The molecule has 1 aromatic rings. The zero-order valence-corrected chi connectivity index (χ0v) is 10.9. The van der Waals surface area contributed by atoms with Crippen LogP contribution < -0.4 is 0 Å². The molecule has 2 saturated carbocycles. The summed E-state index contributed by atoms with van der Waals surface area (Å²) in [6.45, 7) is 0. The van der Waals surface area contributed by atoms with Crippen LogP contribution in [0.5, 0.6) is 0 Å². The van der Waals surface area contributed by atoms with Gasteiger partial charge in [0.25, 0.3) is 0 Å². The Hall–Kier alpha value is -0.830. The van der Waals surface area contributed by atoms with Crippen LogP contribution in [-0.4, -0.2) is 10.3 Å². The fourth-order valence-corrected chi connectivity index (χ4v) is 5.43. The molecule has 2 heterocycles. The third-order valence-electron chi connectivity index (χ3n) is 4.83. The first kappa shape index (κ1) is 10.1. The smallest absolute Gasteiger partial charge is 0.324 e. The molecule has 2 aliphatic heterocycles. The molecular formula is C14H13BrO2. The summed E-state index contributed by atoms with van der Waals surface area (Å²) in [7, 11) is 0. The van der Waals surface area contributed by atoms with Crippen molar-refractivity contribution in [3.8, 4) is 0 Å². The third kappa shape index (κ3) is 0.897. The second-order valence-electron chi connectivity index (χ2n) is 5.35. The van der Waals surface area contributed by atoms with Crippen molar-refractivity contribution in [2.75, 3.05) is 0 Å². The Kier molecular flexibility index (Phi) is 1.75. The van der Waals surface area contributed by atoms with Crippen LogP contribution in [0.15, 0.2) is 30.3 Å². The van der Waals surface area contributed by atoms with Crippen molar-refractivity contribution in [3.63, 3.8) is 0 Å². The van der Waals surface area contributed by atoms with Gasteiger partial charge in [0.2, 0.25) is 0 Å². The number of hydrogen-bond acceptors (Lipinski definition) is 2. The summed E-state index contributed by atoms with van der Waals surface area (Å²) in [6.07, 6.45) is 3.39. The molecule has 0 spiro atoms. The second kappa shape index (κ2) is 2.94. The highest BCUT2D eigenvalue weighted by Crippen LogP contribution is 2.75. The minimum Gasteiger partial charge on any atom is -0.452 e. The van der Waals surface area contributed by atoms with E-state index in [-0.39, 0.29) is 15.9 Å². The van der Waals surface area contributed by atoms with E-state index in [2.05, 4.69) is 28.1 Å². The fourth-order valence-electron chi connectivity index (χ4n) is 4.21. The van der Waals surface area contributed by atoms with Crippen LogP contribution in [0.4, 0.5) is 0 Å². The molecule has 2 nitrogen and oxygen atoms in total. The van der Waals surface area contributed by atoms with E-state index in [0.29, 0.717) is 11.8 Å². The quantitative estimate of drug-likeness (QED) is 0.588. The van der Waals surface area contributed by atoms with E-state index in [1.165, 1.54) is 12.0 Å². The van der Waals surface area contributed by atoms with Gasteiger partial charge in [0, 0.05) is 11.8 Å². The summed E-state index contributed by atoms with van der Waals surface area (Å²) >= 11 is 3.68. The minimum absolute atomic E-state index is 0.0453. The third-order valence-corrected chi connectivity index (χ3v) is 6.26. The van der Waals surface area contributed by atoms with Crippen molar-refractivity contribution < 1.29 is 9.53 Å². The molecule has 0 radical (unpaired) electrons. The van der Waals surface area contributed by atoms with Crippen LogP contribution in [0.2, 0.25) is 0 Å². The van der Waals surface area contributed by atoms with Crippen molar-refractivity contribution in [2.24, 2.45) is 11.8 Å². The predicted molar refractivity (Wildman–Crippen MR) is 66.7 cm³/mol. The number of fused-ring (bicyclic) bond motifs is 1. The van der Waals surface area contributed by atoms with E-state index in [0.717, 1.165) is 12.8 Å². The molecule has 88 valence electrons. The number of ether oxygens (including phenoxy) is 1. The van der Waals surface area contributed by atoms with E-state index in [1.807, 2.05) is 18.2 Å². The monoisotopic (exact) mass is 292 g/mol. The SMILES string of the molecule is O=C1OC2(c3ccccc3)C3CCCC2C13Br. The summed E-state index contributed by atoms with van der Waals surface area (Å²) in [5, 5.41) is 0. The summed E-state index contributed by atoms with van der Waals surface area (Å²) in [5.74, 6) is 0.600. The first-order chi connectivity index (χ1) is 8.20. The molecule has 2 aliphatic carbocycles. The van der Waals surface area contributed by atoms with Crippen molar-refractivity contribution >= 4 is 21.9 Å². The normalized spacial score (nSPS) is 46.3. The van der Waals surface area contributed by atoms with E-state index in [1.54, 1.807) is 0 Å². The Balaban J connectivity index is 1.89. The molecule has 4 aliphatic rings. The lowest BCUT2D eigenvalue weighted by Gasteiger charge is -2.58. The largest absolute Gasteiger partial charge is 0.452 e. The molecule has 4 fully saturated rings. The van der Waals surface area contributed by atoms with Crippen LogP contribution in [0, 0.1) is 11.8 Å². The zero-order chi connectivity index (χ0) is 11.7. The van der Waals surface area contributed by atoms with Gasteiger partial charge in [-0.15, -0.1) is 0 Å². The topological polar surface area (TPSA) is 26.3 Å². The number of benzene rings is 1. The molecule has 5 rings (SSSR count). The van der Waals surface area contributed by atoms with Gasteiger partial charge in [-0.2, -0.15) is 0 Å². The maximum atomic E-state index is 12.1. The van der Waals surface area contributed by atoms with Crippen molar-refractivity contribution in [1.82, 2.24) is 0 Å². The lowest BCUT2D eigenvalue weighted by molar-refractivity contribution is -0.154. The number of carbonyl (C=O) groups excluding carboxylic acids is 1. The molecule has 17 heavy (non-hydrogen) atoms. The molecule has 2 saturated heterocycles. The van der Waals surface area contributed by atoms with E-state index < -0.39 is 0 Å². The van der Waals surface area contributed by atoms with Crippen LogP contribution in [0.1, 0.15) is 24.8 Å². The highest BCUT2D eigenvalue weighted by Gasteiger charge is 2.83. The number of halogens is 1. The van der Waals surface area contributed by atoms with Crippen molar-refractivity contribution in [1.29, 1.82) is 0 Å². The van der Waals surface area contributed by atoms with Gasteiger partial charge in [0.05, 0.1) is 0 Å². The summed E-state index contributed by atoms with van der Waals surface area (Å²) < 4.78 is 5.42. The molecule has 3 heteroatoms. The second-order valence-corrected chi connectivity index (χ2v) is 6.66. The summed E-state index contributed by atoms with van der Waals surface area (Å²) in [6, 6.07) is 10.3. The van der Waals surface area contributed by atoms with Crippen LogP contribution in [0.3, 0.4) is 0 Å². The van der Waals surface area contributed by atoms with Crippen molar-refractivity contribution in [3.05, 3.63) is 35.9 Å². The van der Waals surface area contributed by atoms with Gasteiger partial charge >= 0.3 is 5.97 Å². The maximum Gasteiger partial charge on any atom is 0.324 e. The number of hydrogen-bond donors (Lipinski definition) is 0. The molecule has 2 atom stereocenters. The first-order valence-corrected chi connectivity index (χ1v) is 6.98. The van der Waals surface area contributed by atoms with Crippen LogP contribution in [-0.2, 0) is 15.1 Å². The molecule has 0 amide bonds. The molecule has 0 aromatic heterocycles. The Morgan fingerprint density at radius 2 is 1.82 bits per heavy atom. The van der Waals surface area contributed by atoms with Gasteiger partial charge in [0.15, 0.2) is 0 Å². The van der Waals surface area contributed by atoms with Gasteiger partial charge in [-0.25, -0.2) is 0 Å². The van der Waals surface area contributed by atoms with Crippen molar-refractivity contribution in [2.45, 2.75) is 29.2 Å². The summed E-state index contributed by atoms with van der Waals surface area (Å²) in [5.41, 5.74) is 0.857. The van der Waals surface area contributed by atoms with Crippen LogP contribution >= 0.6 is 15.9 Å². The molecule has 4 bridgehead atoms. The lowest BCUT2D eigenvalue weighted by Crippen LogP contribution is -2.65. The highest BCUT2D eigenvalue weighted by molar-refractivity contribution is 9.10. The molecule has 0 N–H and O–H groups in total. The number of esters is 1. The number of alkyl halides is 1.